The summed E-state index contributed by atoms with van der Waals surface area (Å²) in [6.07, 6.45) is -1.29. The highest BCUT2D eigenvalue weighted by atomic mass is 16.7. The van der Waals surface area contributed by atoms with Gasteiger partial charge in [-0.3, -0.25) is 0 Å². The monoisotopic (exact) mass is 209 g/mol. The van der Waals surface area contributed by atoms with Crippen LogP contribution in [0.15, 0.2) is 24.3 Å². The third-order valence-electron chi connectivity index (χ3n) is 2.32. The molecule has 0 fully saturated rings. The minimum atomic E-state index is -1.29. The zero-order chi connectivity index (χ0) is 11.4. The summed E-state index contributed by atoms with van der Waals surface area (Å²) in [5.41, 5.74) is 1.03. The van der Waals surface area contributed by atoms with Crippen LogP contribution in [0, 0.1) is 0 Å². The number of benzene rings is 1. The summed E-state index contributed by atoms with van der Waals surface area (Å²) < 4.78 is 4.58. The first-order chi connectivity index (χ1) is 7.00. The van der Waals surface area contributed by atoms with E-state index < -0.39 is 6.16 Å². The van der Waals surface area contributed by atoms with Gasteiger partial charge in [0, 0.05) is 6.04 Å². The van der Waals surface area contributed by atoms with Gasteiger partial charge < -0.3 is 14.7 Å². The molecule has 0 unspecified atom stereocenters. The summed E-state index contributed by atoms with van der Waals surface area (Å²) >= 11 is 0. The molecule has 0 saturated carbocycles. The average molecular weight is 209 g/mol. The molecule has 1 N–H and O–H groups in total. The van der Waals surface area contributed by atoms with E-state index in [1.807, 2.05) is 32.0 Å². The number of hydrogen-bond donors (Lipinski definition) is 1. The molecule has 0 spiro atoms. The molecule has 0 bridgehead atoms. The molecule has 82 valence electrons. The summed E-state index contributed by atoms with van der Waals surface area (Å²) in [6.45, 7) is 2.04. The molecule has 15 heavy (non-hydrogen) atoms. The van der Waals surface area contributed by atoms with Crippen molar-refractivity contribution in [1.29, 1.82) is 0 Å². The number of ether oxygens (including phenoxy) is 1. The smallest absolute Gasteiger partial charge is 0.449 e. The van der Waals surface area contributed by atoms with E-state index >= 15 is 0 Å². The van der Waals surface area contributed by atoms with Crippen molar-refractivity contribution < 1.29 is 14.6 Å². The van der Waals surface area contributed by atoms with Crippen LogP contribution in [-0.2, 0) is 0 Å². The lowest BCUT2D eigenvalue weighted by atomic mass is 10.1. The topological polar surface area (TPSA) is 49.8 Å². The summed E-state index contributed by atoms with van der Waals surface area (Å²) in [5, 5.41) is 8.47. The fourth-order valence-corrected chi connectivity index (χ4v) is 1.24. The molecule has 0 aromatic heterocycles. The van der Waals surface area contributed by atoms with Crippen molar-refractivity contribution in [1.82, 2.24) is 4.90 Å². The van der Waals surface area contributed by atoms with Gasteiger partial charge in [-0.2, -0.15) is 0 Å². The fourth-order valence-electron chi connectivity index (χ4n) is 1.24. The Morgan fingerprint density at radius 3 is 2.67 bits per heavy atom. The van der Waals surface area contributed by atoms with Gasteiger partial charge in [-0.1, -0.05) is 12.1 Å². The van der Waals surface area contributed by atoms with E-state index in [0.717, 1.165) is 5.56 Å². The normalized spacial score (nSPS) is 12.5. The van der Waals surface area contributed by atoms with Crippen LogP contribution in [0.25, 0.3) is 0 Å². The van der Waals surface area contributed by atoms with Crippen molar-refractivity contribution in [2.24, 2.45) is 0 Å². The first-order valence-electron chi connectivity index (χ1n) is 4.68. The van der Waals surface area contributed by atoms with Gasteiger partial charge in [0.15, 0.2) is 0 Å². The zero-order valence-corrected chi connectivity index (χ0v) is 9.10. The van der Waals surface area contributed by atoms with E-state index in [9.17, 15) is 4.79 Å². The predicted octanol–water partition coefficient (Wildman–Crippen LogP) is 2.37. The summed E-state index contributed by atoms with van der Waals surface area (Å²) in [6, 6.07) is 7.31. The van der Waals surface area contributed by atoms with E-state index in [0.29, 0.717) is 5.75 Å². The van der Waals surface area contributed by atoms with Crippen molar-refractivity contribution in [3.63, 3.8) is 0 Å². The molecule has 1 rings (SSSR count). The van der Waals surface area contributed by atoms with Crippen LogP contribution >= 0.6 is 0 Å². The van der Waals surface area contributed by atoms with Crippen LogP contribution in [0.2, 0.25) is 0 Å². The quantitative estimate of drug-likeness (QED) is 0.613. The molecule has 4 nitrogen and oxygen atoms in total. The van der Waals surface area contributed by atoms with E-state index in [4.69, 9.17) is 5.11 Å². The second kappa shape index (κ2) is 4.79. The lowest BCUT2D eigenvalue weighted by Crippen LogP contribution is -2.16. The third-order valence-corrected chi connectivity index (χ3v) is 2.32. The Balaban J connectivity index is 2.87. The van der Waals surface area contributed by atoms with Crippen molar-refractivity contribution in [2.75, 3.05) is 14.1 Å². The van der Waals surface area contributed by atoms with Gasteiger partial charge in [-0.05, 0) is 38.7 Å². The molecular formula is C11H15NO3. The third kappa shape index (κ3) is 3.25. The van der Waals surface area contributed by atoms with Gasteiger partial charge in [0.05, 0.1) is 0 Å². The molecular weight excluding hydrogens is 194 g/mol. The molecule has 1 aromatic carbocycles. The molecule has 1 atom stereocenters. The maximum Gasteiger partial charge on any atom is 0.511 e. The Hall–Kier alpha value is -1.55. The van der Waals surface area contributed by atoms with E-state index in [1.54, 1.807) is 18.2 Å². The largest absolute Gasteiger partial charge is 0.511 e. The Morgan fingerprint density at radius 2 is 2.13 bits per heavy atom. The van der Waals surface area contributed by atoms with Gasteiger partial charge in [0.25, 0.3) is 0 Å². The first kappa shape index (κ1) is 11.5. The van der Waals surface area contributed by atoms with Crippen LogP contribution < -0.4 is 4.74 Å². The van der Waals surface area contributed by atoms with Crippen molar-refractivity contribution in [2.45, 2.75) is 13.0 Å². The molecule has 0 saturated heterocycles. The van der Waals surface area contributed by atoms with E-state index in [2.05, 4.69) is 4.74 Å². The van der Waals surface area contributed by atoms with Crippen LogP contribution in [0.1, 0.15) is 18.5 Å². The number of carboxylic acid groups (broad SMARTS) is 1. The minimum absolute atomic E-state index is 0.224. The molecule has 0 aliphatic heterocycles. The number of hydrogen-bond acceptors (Lipinski definition) is 3. The SMILES string of the molecule is C[C@H](c1cccc(OC(=O)O)c1)N(C)C. The molecule has 0 amide bonds. The summed E-state index contributed by atoms with van der Waals surface area (Å²) in [5.74, 6) is 0.355. The van der Waals surface area contributed by atoms with E-state index in [-0.39, 0.29) is 6.04 Å². The van der Waals surface area contributed by atoms with Crippen LogP contribution in [0.3, 0.4) is 0 Å². The molecule has 1 aromatic rings. The van der Waals surface area contributed by atoms with Gasteiger partial charge in [0.2, 0.25) is 0 Å². The second-order valence-electron chi connectivity index (χ2n) is 3.58. The van der Waals surface area contributed by atoms with Crippen molar-refractivity contribution in [3.05, 3.63) is 29.8 Å². The molecule has 0 heterocycles. The highest BCUT2D eigenvalue weighted by molar-refractivity contribution is 5.61. The molecule has 0 aliphatic rings. The standard InChI is InChI=1S/C11H15NO3/c1-8(12(2)3)9-5-4-6-10(7-9)15-11(13)14/h4-8H,1-3H3,(H,13,14)/t8-/m1/s1. The zero-order valence-electron chi connectivity index (χ0n) is 9.10. The summed E-state index contributed by atoms with van der Waals surface area (Å²) in [7, 11) is 3.94. The lowest BCUT2D eigenvalue weighted by Gasteiger charge is -2.20. The number of nitrogens with zero attached hydrogens (tertiary/aromatic N) is 1. The van der Waals surface area contributed by atoms with E-state index in [1.165, 1.54) is 0 Å². The fraction of sp³-hybridized carbons (Fsp3) is 0.364. The Bertz CT molecular complexity index is 349. The van der Waals surface area contributed by atoms with Crippen LogP contribution in [0.4, 0.5) is 4.79 Å². The molecule has 4 heteroatoms. The number of rotatable bonds is 3. The van der Waals surface area contributed by atoms with Gasteiger partial charge in [0.1, 0.15) is 5.75 Å². The predicted molar refractivity (Wildman–Crippen MR) is 57.2 cm³/mol. The lowest BCUT2D eigenvalue weighted by molar-refractivity contribution is 0.144. The van der Waals surface area contributed by atoms with Gasteiger partial charge in [-0.25, -0.2) is 4.79 Å². The Kier molecular flexibility index (Phi) is 3.68. The first-order valence-corrected chi connectivity index (χ1v) is 4.68. The highest BCUT2D eigenvalue weighted by Crippen LogP contribution is 2.21. The summed E-state index contributed by atoms with van der Waals surface area (Å²) in [4.78, 5) is 12.4. The number of carbonyl (C=O) groups is 1. The van der Waals surface area contributed by atoms with Gasteiger partial charge in [-0.15, -0.1) is 0 Å². The van der Waals surface area contributed by atoms with Crippen molar-refractivity contribution >= 4 is 6.16 Å². The van der Waals surface area contributed by atoms with Crippen molar-refractivity contribution in [3.8, 4) is 5.75 Å². The van der Waals surface area contributed by atoms with Crippen LogP contribution in [0.5, 0.6) is 5.75 Å². The maximum atomic E-state index is 10.4. The molecule has 0 aliphatic carbocycles. The average Bonchev–Trinajstić information content (AvgIpc) is 2.16. The van der Waals surface area contributed by atoms with Crippen LogP contribution in [-0.4, -0.2) is 30.3 Å². The Morgan fingerprint density at radius 1 is 1.47 bits per heavy atom. The minimum Gasteiger partial charge on any atom is -0.449 e. The maximum absolute atomic E-state index is 10.4. The van der Waals surface area contributed by atoms with Gasteiger partial charge >= 0.3 is 6.16 Å². The second-order valence-corrected chi connectivity index (χ2v) is 3.58. The highest BCUT2D eigenvalue weighted by Gasteiger charge is 2.09. The molecule has 0 radical (unpaired) electrons. The Labute approximate surface area is 89.1 Å².